The predicted octanol–water partition coefficient (Wildman–Crippen LogP) is 0.433. The monoisotopic (exact) mass is 134 g/mol. The average molecular weight is 134 g/mol. The second-order valence-electron chi connectivity index (χ2n) is 2.07. The van der Waals surface area contributed by atoms with E-state index in [1.165, 1.54) is 0 Å². The van der Waals surface area contributed by atoms with E-state index in [9.17, 15) is 0 Å². The van der Waals surface area contributed by atoms with E-state index in [0.29, 0.717) is 5.78 Å². The van der Waals surface area contributed by atoms with Crippen molar-refractivity contribution in [2.24, 2.45) is 0 Å². The minimum Gasteiger partial charge on any atom is -0.218 e. The summed E-state index contributed by atoms with van der Waals surface area (Å²) >= 11 is 0. The van der Waals surface area contributed by atoms with Crippen LogP contribution in [0.1, 0.15) is 5.69 Å². The van der Waals surface area contributed by atoms with Gasteiger partial charge in [-0.3, -0.25) is 0 Å². The van der Waals surface area contributed by atoms with Crippen LogP contribution in [0.15, 0.2) is 18.6 Å². The summed E-state index contributed by atoms with van der Waals surface area (Å²) in [6, 6.07) is 0. The molecule has 4 nitrogen and oxygen atoms in total. The van der Waals surface area contributed by atoms with Crippen molar-refractivity contribution < 1.29 is 0 Å². The van der Waals surface area contributed by atoms with E-state index in [2.05, 4.69) is 15.1 Å². The third-order valence-corrected chi connectivity index (χ3v) is 1.24. The molecule has 0 aliphatic rings. The fourth-order valence-corrected chi connectivity index (χ4v) is 0.806. The summed E-state index contributed by atoms with van der Waals surface area (Å²) in [5.41, 5.74) is 0.894. The molecule has 50 valence electrons. The number of hydrogen-bond donors (Lipinski definition) is 0. The van der Waals surface area contributed by atoms with Gasteiger partial charge in [0.05, 0.1) is 18.1 Å². The van der Waals surface area contributed by atoms with Gasteiger partial charge < -0.3 is 0 Å². The van der Waals surface area contributed by atoms with Gasteiger partial charge in [-0.1, -0.05) is 0 Å². The highest BCUT2D eigenvalue weighted by Gasteiger charge is 1.93. The van der Waals surface area contributed by atoms with Crippen LogP contribution >= 0.6 is 0 Å². The first kappa shape index (κ1) is 5.34. The molecule has 2 aromatic heterocycles. The van der Waals surface area contributed by atoms with Crippen molar-refractivity contribution in [3.05, 3.63) is 24.3 Å². The van der Waals surface area contributed by atoms with Crippen LogP contribution in [0.5, 0.6) is 0 Å². The molecule has 0 unspecified atom stereocenters. The fraction of sp³-hybridized carbons (Fsp3) is 0.167. The van der Waals surface area contributed by atoms with Gasteiger partial charge in [-0.15, -0.1) is 0 Å². The number of aryl methyl sites for hydroxylation is 1. The normalized spacial score (nSPS) is 10.5. The maximum atomic E-state index is 4.13. The maximum absolute atomic E-state index is 4.13. The average Bonchev–Trinajstić information content (AvgIpc) is 2.33. The standard InChI is InChI=1S/C6H6N4/c1-5-4-8-6-7-2-3-10(6)9-5/h2-4H,1H3. The summed E-state index contributed by atoms with van der Waals surface area (Å²) in [4.78, 5) is 7.98. The molecular weight excluding hydrogens is 128 g/mol. The molecule has 0 saturated heterocycles. The van der Waals surface area contributed by atoms with Crippen LogP contribution < -0.4 is 0 Å². The summed E-state index contributed by atoms with van der Waals surface area (Å²) in [6.07, 6.45) is 5.15. The van der Waals surface area contributed by atoms with E-state index >= 15 is 0 Å². The van der Waals surface area contributed by atoms with E-state index in [1.54, 1.807) is 23.1 Å². The zero-order valence-corrected chi connectivity index (χ0v) is 5.52. The van der Waals surface area contributed by atoms with Crippen LogP contribution in [0.25, 0.3) is 5.78 Å². The van der Waals surface area contributed by atoms with Crippen LogP contribution in [0.3, 0.4) is 0 Å². The molecule has 0 saturated carbocycles. The van der Waals surface area contributed by atoms with Crippen molar-refractivity contribution in [1.29, 1.82) is 0 Å². The van der Waals surface area contributed by atoms with Crippen molar-refractivity contribution in [3.63, 3.8) is 0 Å². The van der Waals surface area contributed by atoms with Crippen molar-refractivity contribution in [2.75, 3.05) is 0 Å². The third-order valence-electron chi connectivity index (χ3n) is 1.24. The summed E-state index contributed by atoms with van der Waals surface area (Å²) in [6.45, 7) is 1.90. The van der Waals surface area contributed by atoms with Crippen molar-refractivity contribution in [2.45, 2.75) is 6.92 Å². The number of rotatable bonds is 0. The van der Waals surface area contributed by atoms with Gasteiger partial charge in [-0.05, 0) is 6.92 Å². The lowest BCUT2D eigenvalue weighted by Gasteiger charge is -1.90. The lowest BCUT2D eigenvalue weighted by molar-refractivity contribution is 0.868. The Hall–Kier alpha value is -1.45. The zero-order valence-electron chi connectivity index (χ0n) is 5.52. The number of imidazole rings is 1. The van der Waals surface area contributed by atoms with Gasteiger partial charge in [0.2, 0.25) is 0 Å². The van der Waals surface area contributed by atoms with Gasteiger partial charge in [0.25, 0.3) is 5.78 Å². The topological polar surface area (TPSA) is 43.1 Å². The number of hydrogen-bond acceptors (Lipinski definition) is 3. The Balaban J connectivity index is 2.86. The lowest BCUT2D eigenvalue weighted by Crippen LogP contribution is -1.94. The van der Waals surface area contributed by atoms with Gasteiger partial charge in [-0.25, -0.2) is 14.5 Å². The molecule has 4 heteroatoms. The van der Waals surface area contributed by atoms with Crippen molar-refractivity contribution >= 4 is 5.78 Å². The number of aromatic nitrogens is 4. The van der Waals surface area contributed by atoms with Gasteiger partial charge >= 0.3 is 0 Å². The summed E-state index contributed by atoms with van der Waals surface area (Å²) < 4.78 is 1.65. The SMILES string of the molecule is Cc1cnc2nccn2n1. The minimum absolute atomic E-state index is 0.644. The fourth-order valence-electron chi connectivity index (χ4n) is 0.806. The zero-order chi connectivity index (χ0) is 6.97. The summed E-state index contributed by atoms with van der Waals surface area (Å²) in [5.74, 6) is 0.644. The lowest BCUT2D eigenvalue weighted by atomic mass is 10.6. The van der Waals surface area contributed by atoms with Gasteiger partial charge in [-0.2, -0.15) is 5.10 Å². The van der Waals surface area contributed by atoms with Crippen LogP contribution in [0, 0.1) is 6.92 Å². The Morgan fingerprint density at radius 1 is 1.40 bits per heavy atom. The quantitative estimate of drug-likeness (QED) is 0.524. The van der Waals surface area contributed by atoms with E-state index < -0.39 is 0 Å². The van der Waals surface area contributed by atoms with Crippen LogP contribution in [0.4, 0.5) is 0 Å². The molecule has 0 bridgehead atoms. The Kier molecular flexibility index (Phi) is 0.943. The molecule has 0 fully saturated rings. The Morgan fingerprint density at radius 2 is 2.30 bits per heavy atom. The van der Waals surface area contributed by atoms with Gasteiger partial charge in [0, 0.05) is 6.20 Å². The molecular formula is C6H6N4. The molecule has 2 aromatic rings. The maximum Gasteiger partial charge on any atom is 0.250 e. The van der Waals surface area contributed by atoms with Crippen LogP contribution in [-0.4, -0.2) is 19.6 Å². The second-order valence-corrected chi connectivity index (χ2v) is 2.07. The van der Waals surface area contributed by atoms with Crippen molar-refractivity contribution in [1.82, 2.24) is 19.6 Å². The van der Waals surface area contributed by atoms with Gasteiger partial charge in [0.1, 0.15) is 0 Å². The largest absolute Gasteiger partial charge is 0.250 e. The Labute approximate surface area is 57.5 Å². The highest BCUT2D eigenvalue weighted by Crippen LogP contribution is 1.93. The summed E-state index contributed by atoms with van der Waals surface area (Å²) in [7, 11) is 0. The molecule has 2 heterocycles. The number of nitrogens with zero attached hydrogens (tertiary/aromatic N) is 4. The molecule has 0 aliphatic carbocycles. The third kappa shape index (κ3) is 0.655. The molecule has 0 aliphatic heterocycles. The van der Waals surface area contributed by atoms with E-state index in [-0.39, 0.29) is 0 Å². The second kappa shape index (κ2) is 1.76. The number of fused-ring (bicyclic) bond motifs is 1. The molecule has 0 N–H and O–H groups in total. The van der Waals surface area contributed by atoms with E-state index in [4.69, 9.17) is 0 Å². The van der Waals surface area contributed by atoms with Crippen LogP contribution in [-0.2, 0) is 0 Å². The first-order valence-corrected chi connectivity index (χ1v) is 2.99. The molecule has 0 amide bonds. The molecule has 10 heavy (non-hydrogen) atoms. The van der Waals surface area contributed by atoms with Crippen molar-refractivity contribution in [3.8, 4) is 0 Å². The first-order chi connectivity index (χ1) is 4.86. The summed E-state index contributed by atoms with van der Waals surface area (Å²) in [5, 5.41) is 4.13. The predicted molar refractivity (Wildman–Crippen MR) is 35.5 cm³/mol. The smallest absolute Gasteiger partial charge is 0.218 e. The van der Waals surface area contributed by atoms with Crippen LogP contribution in [0.2, 0.25) is 0 Å². The Bertz CT molecular complexity index is 351. The highest BCUT2D eigenvalue weighted by atomic mass is 15.3. The molecule has 2 rings (SSSR count). The van der Waals surface area contributed by atoms with E-state index in [1.807, 2.05) is 6.92 Å². The Morgan fingerprint density at radius 3 is 3.20 bits per heavy atom. The first-order valence-electron chi connectivity index (χ1n) is 2.99. The minimum atomic E-state index is 0.644. The molecule has 0 spiro atoms. The van der Waals surface area contributed by atoms with Gasteiger partial charge in [0.15, 0.2) is 0 Å². The molecule has 0 aromatic carbocycles. The molecule has 0 atom stereocenters. The molecule has 0 radical (unpaired) electrons. The highest BCUT2D eigenvalue weighted by molar-refractivity contribution is 5.23. The van der Waals surface area contributed by atoms with E-state index in [0.717, 1.165) is 5.69 Å².